The molecule has 1 atom stereocenters. The van der Waals surface area contributed by atoms with Crippen LogP contribution in [0.25, 0.3) is 0 Å². The molecule has 2 aromatic rings. The number of phenolic OH excluding ortho intramolecular Hbond substituents is 1. The molecule has 0 saturated carbocycles. The summed E-state index contributed by atoms with van der Waals surface area (Å²) in [5.74, 6) is 0.993. The van der Waals surface area contributed by atoms with Gasteiger partial charge < -0.3 is 25.2 Å². The van der Waals surface area contributed by atoms with Crippen LogP contribution in [0.4, 0.5) is 4.39 Å². The Morgan fingerprint density at radius 2 is 1.93 bits per heavy atom. The van der Waals surface area contributed by atoms with Crippen LogP contribution in [0.1, 0.15) is 25.8 Å². The van der Waals surface area contributed by atoms with E-state index in [1.54, 1.807) is 30.3 Å². The summed E-state index contributed by atoms with van der Waals surface area (Å²) in [6.45, 7) is 5.52. The number of ether oxygens (including phenoxy) is 2. The summed E-state index contributed by atoms with van der Waals surface area (Å²) in [6.07, 6.45) is 0.512. The first-order valence-electron chi connectivity index (χ1n) is 9.36. The van der Waals surface area contributed by atoms with Gasteiger partial charge in [-0.3, -0.25) is 0 Å². The molecular weight excluding hydrogens is 361 g/mol. The summed E-state index contributed by atoms with van der Waals surface area (Å²) in [5.41, 5.74) is 0.852. The fraction of sp³-hybridized carbons (Fsp3) is 0.381. The lowest BCUT2D eigenvalue weighted by molar-refractivity contribution is 0.191. The molecule has 0 heterocycles. The molecule has 0 saturated heterocycles. The molecule has 0 aliphatic rings. The summed E-state index contributed by atoms with van der Waals surface area (Å²) >= 11 is 0. The molecule has 0 fully saturated rings. The van der Waals surface area contributed by atoms with Gasteiger partial charge in [0.1, 0.15) is 6.10 Å². The van der Waals surface area contributed by atoms with E-state index < -0.39 is 0 Å². The molecule has 2 aromatic carbocycles. The minimum Gasteiger partial charge on any atom is -0.504 e. The second-order valence-electron chi connectivity index (χ2n) is 6.16. The van der Waals surface area contributed by atoms with E-state index in [4.69, 9.17) is 9.47 Å². The lowest BCUT2D eigenvalue weighted by atomic mass is 10.2. The number of guanidine groups is 1. The van der Waals surface area contributed by atoms with Gasteiger partial charge in [0.25, 0.3) is 0 Å². The van der Waals surface area contributed by atoms with Crippen molar-refractivity contribution in [3.05, 3.63) is 53.8 Å². The predicted octanol–water partition coefficient (Wildman–Crippen LogP) is 3.45. The average molecular weight is 389 g/mol. The minimum absolute atomic E-state index is 0.0810. The largest absolute Gasteiger partial charge is 0.504 e. The summed E-state index contributed by atoms with van der Waals surface area (Å²) < 4.78 is 24.6. The standard InChI is InChI=1S/C21H28FN3O3/c1-4-16(28-19-9-7-6-8-17(19)22)14-25-21(23-5-2)24-13-15-10-11-20(27-3)18(26)12-15/h6-12,16,26H,4-5,13-14H2,1-3H3,(H2,23,24,25). The maximum absolute atomic E-state index is 13.8. The van der Waals surface area contributed by atoms with Gasteiger partial charge in [-0.25, -0.2) is 9.38 Å². The quantitative estimate of drug-likeness (QED) is 0.452. The van der Waals surface area contributed by atoms with E-state index in [0.29, 0.717) is 37.8 Å². The SMILES string of the molecule is CCNC(=NCc1ccc(OC)c(O)c1)NCC(CC)Oc1ccccc1F. The molecule has 6 nitrogen and oxygen atoms in total. The highest BCUT2D eigenvalue weighted by molar-refractivity contribution is 5.79. The molecule has 152 valence electrons. The Kier molecular flexibility index (Phi) is 8.39. The number of phenols is 1. The van der Waals surface area contributed by atoms with Gasteiger partial charge in [0.2, 0.25) is 0 Å². The average Bonchev–Trinajstić information content (AvgIpc) is 2.70. The zero-order chi connectivity index (χ0) is 20.4. The van der Waals surface area contributed by atoms with Crippen molar-refractivity contribution < 1.29 is 19.0 Å². The lowest BCUT2D eigenvalue weighted by Crippen LogP contribution is -2.42. The number of nitrogens with one attached hydrogen (secondary N) is 2. The van der Waals surface area contributed by atoms with Crippen LogP contribution in [0.3, 0.4) is 0 Å². The summed E-state index contributed by atoms with van der Waals surface area (Å²) in [6, 6.07) is 11.6. The van der Waals surface area contributed by atoms with Crippen LogP contribution >= 0.6 is 0 Å². The number of nitrogens with zero attached hydrogens (tertiary/aromatic N) is 1. The third kappa shape index (κ3) is 6.33. The summed E-state index contributed by atoms with van der Waals surface area (Å²) in [5, 5.41) is 16.3. The zero-order valence-electron chi connectivity index (χ0n) is 16.5. The van der Waals surface area contributed by atoms with E-state index in [2.05, 4.69) is 15.6 Å². The lowest BCUT2D eigenvalue weighted by Gasteiger charge is -2.20. The second kappa shape index (κ2) is 11.0. The van der Waals surface area contributed by atoms with Crippen LogP contribution in [0.5, 0.6) is 17.2 Å². The summed E-state index contributed by atoms with van der Waals surface area (Å²) in [7, 11) is 1.51. The Balaban J connectivity index is 1.97. The second-order valence-corrected chi connectivity index (χ2v) is 6.16. The van der Waals surface area contributed by atoms with E-state index in [-0.39, 0.29) is 23.4 Å². The van der Waals surface area contributed by atoms with Crippen LogP contribution in [-0.2, 0) is 6.54 Å². The maximum atomic E-state index is 13.8. The molecule has 0 aliphatic carbocycles. The number of aromatic hydroxyl groups is 1. The van der Waals surface area contributed by atoms with Crippen molar-refractivity contribution in [2.75, 3.05) is 20.2 Å². The molecule has 1 unspecified atom stereocenters. The van der Waals surface area contributed by atoms with E-state index in [9.17, 15) is 9.50 Å². The number of rotatable bonds is 9. The van der Waals surface area contributed by atoms with Gasteiger partial charge in [-0.2, -0.15) is 0 Å². The molecule has 0 aliphatic heterocycles. The van der Waals surface area contributed by atoms with E-state index >= 15 is 0 Å². The van der Waals surface area contributed by atoms with Gasteiger partial charge in [-0.15, -0.1) is 0 Å². The highest BCUT2D eigenvalue weighted by Gasteiger charge is 2.12. The number of aliphatic imine (C=N–C) groups is 1. The molecule has 7 heteroatoms. The number of benzene rings is 2. The first-order chi connectivity index (χ1) is 13.6. The molecule has 3 N–H and O–H groups in total. The fourth-order valence-corrected chi connectivity index (χ4v) is 2.55. The topological polar surface area (TPSA) is 75.1 Å². The van der Waals surface area contributed by atoms with Crippen LogP contribution < -0.4 is 20.1 Å². The van der Waals surface area contributed by atoms with Crippen LogP contribution in [0.2, 0.25) is 0 Å². The number of para-hydroxylation sites is 1. The monoisotopic (exact) mass is 389 g/mol. The maximum Gasteiger partial charge on any atom is 0.191 e. The van der Waals surface area contributed by atoms with E-state index in [1.807, 2.05) is 19.9 Å². The predicted molar refractivity (Wildman–Crippen MR) is 109 cm³/mol. The highest BCUT2D eigenvalue weighted by atomic mass is 19.1. The first kappa shape index (κ1) is 21.3. The van der Waals surface area contributed by atoms with Gasteiger partial charge in [-0.05, 0) is 43.2 Å². The number of methoxy groups -OCH3 is 1. The van der Waals surface area contributed by atoms with Gasteiger partial charge >= 0.3 is 0 Å². The number of hydrogen-bond donors (Lipinski definition) is 3. The Labute approximate surface area is 165 Å². The Hall–Kier alpha value is -2.96. The third-order valence-electron chi connectivity index (χ3n) is 4.09. The minimum atomic E-state index is -0.374. The van der Waals surface area contributed by atoms with Crippen LogP contribution in [0, 0.1) is 5.82 Å². The Bertz CT molecular complexity index is 783. The van der Waals surface area contributed by atoms with E-state index in [1.165, 1.54) is 13.2 Å². The molecule has 0 amide bonds. The molecule has 28 heavy (non-hydrogen) atoms. The van der Waals surface area contributed by atoms with Gasteiger partial charge in [0, 0.05) is 6.54 Å². The van der Waals surface area contributed by atoms with Gasteiger partial charge in [0.15, 0.2) is 29.0 Å². The smallest absolute Gasteiger partial charge is 0.191 e. The van der Waals surface area contributed by atoms with Crippen molar-refractivity contribution >= 4 is 5.96 Å². The normalized spacial score (nSPS) is 12.4. The number of hydrogen-bond acceptors (Lipinski definition) is 4. The van der Waals surface area contributed by atoms with Crippen molar-refractivity contribution in [3.8, 4) is 17.2 Å². The zero-order valence-corrected chi connectivity index (χ0v) is 16.5. The van der Waals surface area contributed by atoms with Crippen molar-refractivity contribution in [1.82, 2.24) is 10.6 Å². The third-order valence-corrected chi connectivity index (χ3v) is 4.09. The van der Waals surface area contributed by atoms with Crippen molar-refractivity contribution in [3.63, 3.8) is 0 Å². The Morgan fingerprint density at radius 1 is 1.14 bits per heavy atom. The molecule has 0 radical (unpaired) electrons. The first-order valence-corrected chi connectivity index (χ1v) is 9.36. The fourth-order valence-electron chi connectivity index (χ4n) is 2.55. The molecule has 0 spiro atoms. The van der Waals surface area contributed by atoms with Crippen molar-refractivity contribution in [1.29, 1.82) is 0 Å². The molecular formula is C21H28FN3O3. The van der Waals surface area contributed by atoms with Crippen LogP contribution in [0.15, 0.2) is 47.5 Å². The Morgan fingerprint density at radius 3 is 2.57 bits per heavy atom. The van der Waals surface area contributed by atoms with Gasteiger partial charge in [-0.1, -0.05) is 25.1 Å². The molecule has 0 aromatic heterocycles. The molecule has 0 bridgehead atoms. The molecule has 2 rings (SSSR count). The van der Waals surface area contributed by atoms with Crippen LogP contribution in [-0.4, -0.2) is 37.4 Å². The van der Waals surface area contributed by atoms with Crippen molar-refractivity contribution in [2.24, 2.45) is 4.99 Å². The van der Waals surface area contributed by atoms with E-state index in [0.717, 1.165) is 5.56 Å². The number of halogens is 1. The highest BCUT2D eigenvalue weighted by Crippen LogP contribution is 2.26. The summed E-state index contributed by atoms with van der Waals surface area (Å²) in [4.78, 5) is 4.52. The van der Waals surface area contributed by atoms with Gasteiger partial charge in [0.05, 0.1) is 20.2 Å². The van der Waals surface area contributed by atoms with Crippen molar-refractivity contribution in [2.45, 2.75) is 32.9 Å².